The van der Waals surface area contributed by atoms with Crippen molar-refractivity contribution in [1.29, 1.82) is 0 Å². The van der Waals surface area contributed by atoms with Gasteiger partial charge in [0.05, 0.1) is 6.54 Å². The molecule has 94 valence electrons. The summed E-state index contributed by atoms with van der Waals surface area (Å²) in [7, 11) is 0. The molecule has 2 aliphatic carbocycles. The summed E-state index contributed by atoms with van der Waals surface area (Å²) in [5.41, 5.74) is 0. The van der Waals surface area contributed by atoms with Gasteiger partial charge in [-0.25, -0.2) is 9.67 Å². The van der Waals surface area contributed by atoms with Gasteiger partial charge in [-0.2, -0.15) is 5.10 Å². The van der Waals surface area contributed by atoms with Gasteiger partial charge in [0.1, 0.15) is 12.2 Å². The van der Waals surface area contributed by atoms with Crippen LogP contribution < -0.4 is 5.32 Å². The molecule has 2 fully saturated rings. The van der Waals surface area contributed by atoms with Crippen LogP contribution in [0.25, 0.3) is 0 Å². The van der Waals surface area contributed by atoms with Gasteiger partial charge in [-0.1, -0.05) is 13.3 Å². The van der Waals surface area contributed by atoms with Gasteiger partial charge in [0.2, 0.25) is 0 Å². The zero-order valence-electron chi connectivity index (χ0n) is 10.6. The fraction of sp³-hybridized carbons (Fsp3) is 0.846. The lowest BCUT2D eigenvalue weighted by Gasteiger charge is -2.22. The van der Waals surface area contributed by atoms with Gasteiger partial charge in [0, 0.05) is 6.54 Å². The van der Waals surface area contributed by atoms with E-state index < -0.39 is 0 Å². The fourth-order valence-corrected chi connectivity index (χ4v) is 3.64. The Hall–Kier alpha value is -0.900. The molecule has 17 heavy (non-hydrogen) atoms. The van der Waals surface area contributed by atoms with Gasteiger partial charge in [-0.3, -0.25) is 0 Å². The maximum atomic E-state index is 4.38. The Morgan fingerprint density at radius 2 is 2.35 bits per heavy atom. The first-order valence-corrected chi connectivity index (χ1v) is 6.94. The summed E-state index contributed by atoms with van der Waals surface area (Å²) < 4.78 is 2.12. The van der Waals surface area contributed by atoms with E-state index in [-0.39, 0.29) is 0 Å². The molecule has 1 aromatic heterocycles. The van der Waals surface area contributed by atoms with E-state index in [9.17, 15) is 0 Å². The van der Waals surface area contributed by atoms with Crippen molar-refractivity contribution in [3.05, 3.63) is 12.2 Å². The topological polar surface area (TPSA) is 42.7 Å². The molecule has 2 bridgehead atoms. The minimum atomic E-state index is 0.845. The first-order chi connectivity index (χ1) is 8.36. The SMILES string of the molecule is CCNCc1ncnn1CC1CC2CCC1C2. The fourth-order valence-electron chi connectivity index (χ4n) is 3.64. The summed E-state index contributed by atoms with van der Waals surface area (Å²) in [6.45, 7) is 5.04. The van der Waals surface area contributed by atoms with E-state index in [1.165, 1.54) is 25.7 Å². The Bertz CT molecular complexity index is 373. The highest BCUT2D eigenvalue weighted by atomic mass is 15.3. The lowest BCUT2D eigenvalue weighted by atomic mass is 9.89. The van der Waals surface area contributed by atoms with Gasteiger partial charge >= 0.3 is 0 Å². The molecule has 1 N–H and O–H groups in total. The summed E-state index contributed by atoms with van der Waals surface area (Å²) in [6.07, 6.45) is 7.52. The van der Waals surface area contributed by atoms with Crippen molar-refractivity contribution in [3.8, 4) is 0 Å². The molecule has 4 heteroatoms. The van der Waals surface area contributed by atoms with Crippen LogP contribution >= 0.6 is 0 Å². The third-order valence-corrected chi connectivity index (χ3v) is 4.52. The zero-order chi connectivity index (χ0) is 11.7. The van der Waals surface area contributed by atoms with Crippen molar-refractivity contribution in [2.24, 2.45) is 17.8 Å². The first-order valence-electron chi connectivity index (χ1n) is 6.94. The highest BCUT2D eigenvalue weighted by Gasteiger charge is 2.39. The smallest absolute Gasteiger partial charge is 0.140 e. The molecule has 4 nitrogen and oxygen atoms in total. The van der Waals surface area contributed by atoms with Crippen molar-refractivity contribution in [2.45, 2.75) is 45.7 Å². The average Bonchev–Trinajstić information content (AvgIpc) is 3.02. The number of rotatable bonds is 5. The molecule has 0 aliphatic heterocycles. The highest BCUT2D eigenvalue weighted by molar-refractivity contribution is 4.92. The predicted molar refractivity (Wildman–Crippen MR) is 66.3 cm³/mol. The van der Waals surface area contributed by atoms with Gasteiger partial charge in [-0.05, 0) is 43.6 Å². The molecular formula is C13H22N4. The highest BCUT2D eigenvalue weighted by Crippen LogP contribution is 2.48. The van der Waals surface area contributed by atoms with E-state index in [1.54, 1.807) is 6.33 Å². The summed E-state index contributed by atoms with van der Waals surface area (Å²) in [6, 6.07) is 0. The zero-order valence-corrected chi connectivity index (χ0v) is 10.6. The molecule has 0 spiro atoms. The third-order valence-electron chi connectivity index (χ3n) is 4.52. The van der Waals surface area contributed by atoms with Crippen molar-refractivity contribution in [1.82, 2.24) is 20.1 Å². The summed E-state index contributed by atoms with van der Waals surface area (Å²) >= 11 is 0. The molecule has 2 aliphatic rings. The van der Waals surface area contributed by atoms with Crippen molar-refractivity contribution >= 4 is 0 Å². The Morgan fingerprint density at radius 1 is 1.41 bits per heavy atom. The van der Waals surface area contributed by atoms with E-state index in [4.69, 9.17) is 0 Å². The minimum Gasteiger partial charge on any atom is -0.310 e. The standard InChI is InChI=1S/C13H22N4/c1-2-14-7-13-15-9-16-17(13)8-12-6-10-3-4-11(12)5-10/h9-12,14H,2-8H2,1H3. The van der Waals surface area contributed by atoms with Crippen LogP contribution in [0, 0.1) is 17.8 Å². The van der Waals surface area contributed by atoms with Crippen molar-refractivity contribution < 1.29 is 0 Å². The van der Waals surface area contributed by atoms with E-state index in [2.05, 4.69) is 27.0 Å². The maximum absolute atomic E-state index is 4.38. The Labute approximate surface area is 103 Å². The first kappa shape index (κ1) is 11.2. The molecule has 0 amide bonds. The number of nitrogens with one attached hydrogen (secondary N) is 1. The molecule has 2 saturated carbocycles. The third kappa shape index (κ3) is 2.23. The molecular weight excluding hydrogens is 212 g/mol. The van der Waals surface area contributed by atoms with E-state index in [1.807, 2.05) is 0 Å². The Balaban J connectivity index is 1.63. The van der Waals surface area contributed by atoms with Crippen molar-refractivity contribution in [3.63, 3.8) is 0 Å². The number of nitrogens with zero attached hydrogens (tertiary/aromatic N) is 3. The second kappa shape index (κ2) is 4.77. The van der Waals surface area contributed by atoms with Crippen LogP contribution in [0.15, 0.2) is 6.33 Å². The lowest BCUT2D eigenvalue weighted by molar-refractivity contribution is 0.281. The van der Waals surface area contributed by atoms with Crippen LogP contribution in [-0.4, -0.2) is 21.3 Å². The second-order valence-electron chi connectivity index (χ2n) is 5.57. The van der Waals surface area contributed by atoms with Gasteiger partial charge < -0.3 is 5.32 Å². The molecule has 0 aromatic carbocycles. The summed E-state index contributed by atoms with van der Waals surface area (Å²) in [5, 5.41) is 7.71. The van der Waals surface area contributed by atoms with Crippen LogP contribution in [-0.2, 0) is 13.1 Å². The largest absolute Gasteiger partial charge is 0.310 e. The molecule has 3 unspecified atom stereocenters. The maximum Gasteiger partial charge on any atom is 0.140 e. The number of aromatic nitrogens is 3. The molecule has 0 radical (unpaired) electrons. The van der Waals surface area contributed by atoms with Crippen LogP contribution in [0.3, 0.4) is 0 Å². The van der Waals surface area contributed by atoms with E-state index in [0.717, 1.165) is 43.2 Å². The van der Waals surface area contributed by atoms with Gasteiger partial charge in [0.25, 0.3) is 0 Å². The van der Waals surface area contributed by atoms with Crippen LogP contribution in [0.5, 0.6) is 0 Å². The molecule has 1 heterocycles. The van der Waals surface area contributed by atoms with Crippen LogP contribution in [0.2, 0.25) is 0 Å². The van der Waals surface area contributed by atoms with Gasteiger partial charge in [0.15, 0.2) is 0 Å². The number of fused-ring (bicyclic) bond motifs is 2. The second-order valence-corrected chi connectivity index (χ2v) is 5.57. The monoisotopic (exact) mass is 234 g/mol. The van der Waals surface area contributed by atoms with E-state index >= 15 is 0 Å². The summed E-state index contributed by atoms with van der Waals surface area (Å²) in [5.74, 6) is 3.94. The molecule has 3 rings (SSSR count). The number of hydrogen-bond acceptors (Lipinski definition) is 3. The van der Waals surface area contributed by atoms with Crippen LogP contribution in [0.4, 0.5) is 0 Å². The van der Waals surface area contributed by atoms with E-state index in [0.29, 0.717) is 0 Å². The molecule has 0 saturated heterocycles. The normalized spacial score (nSPS) is 31.2. The lowest BCUT2D eigenvalue weighted by Crippen LogP contribution is -2.22. The van der Waals surface area contributed by atoms with Gasteiger partial charge in [-0.15, -0.1) is 0 Å². The molecule has 1 aromatic rings. The number of hydrogen-bond donors (Lipinski definition) is 1. The van der Waals surface area contributed by atoms with Crippen molar-refractivity contribution in [2.75, 3.05) is 6.54 Å². The Kier molecular flexibility index (Phi) is 3.14. The molecule has 3 atom stereocenters. The average molecular weight is 234 g/mol. The quantitative estimate of drug-likeness (QED) is 0.845. The Morgan fingerprint density at radius 3 is 3.06 bits per heavy atom. The predicted octanol–water partition coefficient (Wildman–Crippen LogP) is 1.82. The minimum absolute atomic E-state index is 0.845. The van der Waals surface area contributed by atoms with Crippen LogP contribution in [0.1, 0.15) is 38.4 Å². The summed E-state index contributed by atoms with van der Waals surface area (Å²) in [4.78, 5) is 4.35.